The van der Waals surface area contributed by atoms with Crippen LogP contribution in [-0.4, -0.2) is 24.8 Å². The smallest absolute Gasteiger partial charge is 0.123 e. The summed E-state index contributed by atoms with van der Waals surface area (Å²) in [5.74, 6) is 0.984. The molecule has 0 spiro atoms. The third kappa shape index (κ3) is 1.31. The Kier molecular flexibility index (Phi) is 1.97. The Labute approximate surface area is 106 Å². The standard InChI is InChI=1S/C15H16FNO/c1-15-7-6-14(18-15)12-8-17(9-13(12)15)11-4-2-10(16)3-5-11/h2-7,12-14H,8-9H2,1H3. The van der Waals surface area contributed by atoms with Crippen molar-refractivity contribution in [2.75, 3.05) is 18.0 Å². The Balaban J connectivity index is 1.61. The second kappa shape index (κ2) is 3.35. The maximum atomic E-state index is 13.0. The van der Waals surface area contributed by atoms with Crippen LogP contribution in [0.5, 0.6) is 0 Å². The lowest BCUT2D eigenvalue weighted by molar-refractivity contribution is 0.0256. The number of hydrogen-bond acceptors (Lipinski definition) is 2. The van der Waals surface area contributed by atoms with E-state index in [9.17, 15) is 4.39 Å². The first-order valence-electron chi connectivity index (χ1n) is 6.53. The van der Waals surface area contributed by atoms with Crippen molar-refractivity contribution in [3.8, 4) is 0 Å². The number of fused-ring (bicyclic) bond motifs is 5. The zero-order valence-corrected chi connectivity index (χ0v) is 10.3. The van der Waals surface area contributed by atoms with Crippen LogP contribution in [0.4, 0.5) is 10.1 Å². The van der Waals surface area contributed by atoms with Gasteiger partial charge in [-0.25, -0.2) is 4.39 Å². The fourth-order valence-corrected chi connectivity index (χ4v) is 3.73. The lowest BCUT2D eigenvalue weighted by atomic mass is 9.79. The first kappa shape index (κ1) is 10.6. The molecule has 2 bridgehead atoms. The van der Waals surface area contributed by atoms with Crippen LogP contribution < -0.4 is 4.90 Å². The Hall–Kier alpha value is -1.35. The normalized spacial score (nSPS) is 40.6. The van der Waals surface area contributed by atoms with Gasteiger partial charge in [0.2, 0.25) is 0 Å². The fraction of sp³-hybridized carbons (Fsp3) is 0.467. The van der Waals surface area contributed by atoms with Crippen molar-refractivity contribution in [1.82, 2.24) is 0 Å². The number of benzene rings is 1. The zero-order valence-electron chi connectivity index (χ0n) is 10.3. The van der Waals surface area contributed by atoms with Crippen LogP contribution in [0.25, 0.3) is 0 Å². The first-order valence-corrected chi connectivity index (χ1v) is 6.53. The molecule has 0 aliphatic carbocycles. The molecule has 0 N–H and O–H groups in total. The van der Waals surface area contributed by atoms with E-state index >= 15 is 0 Å². The SMILES string of the molecule is CC12C=CC(O1)C1CN(c3ccc(F)cc3)CC12. The summed E-state index contributed by atoms with van der Waals surface area (Å²) in [6, 6.07) is 6.81. The van der Waals surface area contributed by atoms with Gasteiger partial charge in [-0.3, -0.25) is 0 Å². The van der Waals surface area contributed by atoms with Gasteiger partial charge in [0.1, 0.15) is 5.82 Å². The van der Waals surface area contributed by atoms with E-state index in [0.717, 1.165) is 18.8 Å². The molecule has 3 heterocycles. The van der Waals surface area contributed by atoms with Gasteiger partial charge in [0.15, 0.2) is 0 Å². The van der Waals surface area contributed by atoms with E-state index < -0.39 is 0 Å². The second-order valence-corrected chi connectivity index (χ2v) is 5.78. The van der Waals surface area contributed by atoms with Crippen molar-refractivity contribution >= 4 is 5.69 Å². The predicted molar refractivity (Wildman–Crippen MR) is 68.0 cm³/mol. The number of ether oxygens (including phenoxy) is 1. The molecular formula is C15H16FNO. The van der Waals surface area contributed by atoms with Gasteiger partial charge in [0, 0.05) is 30.6 Å². The average molecular weight is 245 g/mol. The van der Waals surface area contributed by atoms with Gasteiger partial charge in [-0.2, -0.15) is 0 Å². The highest BCUT2D eigenvalue weighted by Gasteiger charge is 2.57. The van der Waals surface area contributed by atoms with Gasteiger partial charge >= 0.3 is 0 Å². The van der Waals surface area contributed by atoms with Crippen molar-refractivity contribution in [3.63, 3.8) is 0 Å². The van der Waals surface area contributed by atoms with E-state index in [4.69, 9.17) is 4.74 Å². The van der Waals surface area contributed by atoms with Crippen LogP contribution in [0.15, 0.2) is 36.4 Å². The van der Waals surface area contributed by atoms with Crippen LogP contribution in [0.2, 0.25) is 0 Å². The number of nitrogens with zero attached hydrogens (tertiary/aromatic N) is 1. The molecule has 2 nitrogen and oxygen atoms in total. The summed E-state index contributed by atoms with van der Waals surface area (Å²) in [6.07, 6.45) is 4.70. The van der Waals surface area contributed by atoms with Crippen LogP contribution in [-0.2, 0) is 4.74 Å². The lowest BCUT2D eigenvalue weighted by Gasteiger charge is -2.26. The molecule has 4 unspecified atom stereocenters. The molecule has 0 aromatic heterocycles. The molecule has 1 aromatic carbocycles. The first-order chi connectivity index (χ1) is 8.66. The van der Waals surface area contributed by atoms with E-state index in [2.05, 4.69) is 24.0 Å². The molecule has 1 aromatic rings. The van der Waals surface area contributed by atoms with Crippen molar-refractivity contribution in [3.05, 3.63) is 42.2 Å². The van der Waals surface area contributed by atoms with Gasteiger partial charge < -0.3 is 9.64 Å². The monoisotopic (exact) mass is 245 g/mol. The molecule has 4 atom stereocenters. The average Bonchev–Trinajstić information content (AvgIpc) is 2.99. The highest BCUT2D eigenvalue weighted by Crippen LogP contribution is 2.50. The lowest BCUT2D eigenvalue weighted by Crippen LogP contribution is -2.33. The molecule has 0 amide bonds. The fourth-order valence-electron chi connectivity index (χ4n) is 3.73. The zero-order chi connectivity index (χ0) is 12.3. The Morgan fingerprint density at radius 1 is 1.28 bits per heavy atom. The van der Waals surface area contributed by atoms with E-state index in [0.29, 0.717) is 11.8 Å². The van der Waals surface area contributed by atoms with Gasteiger partial charge in [-0.1, -0.05) is 12.2 Å². The van der Waals surface area contributed by atoms with E-state index in [1.54, 1.807) is 0 Å². The highest BCUT2D eigenvalue weighted by molar-refractivity contribution is 5.49. The Morgan fingerprint density at radius 3 is 2.78 bits per heavy atom. The molecule has 2 fully saturated rings. The quantitative estimate of drug-likeness (QED) is 0.705. The molecule has 3 aliphatic rings. The van der Waals surface area contributed by atoms with Crippen molar-refractivity contribution in [2.24, 2.45) is 11.8 Å². The summed E-state index contributed by atoms with van der Waals surface area (Å²) in [5, 5.41) is 0. The summed E-state index contributed by atoms with van der Waals surface area (Å²) in [4.78, 5) is 2.36. The number of rotatable bonds is 1. The van der Waals surface area contributed by atoms with Gasteiger partial charge in [-0.15, -0.1) is 0 Å². The maximum absolute atomic E-state index is 13.0. The second-order valence-electron chi connectivity index (χ2n) is 5.78. The van der Waals surface area contributed by atoms with Crippen molar-refractivity contribution < 1.29 is 9.13 Å². The maximum Gasteiger partial charge on any atom is 0.123 e. The minimum atomic E-state index is -0.171. The van der Waals surface area contributed by atoms with Gasteiger partial charge in [-0.05, 0) is 31.2 Å². The molecule has 0 radical (unpaired) electrons. The summed E-state index contributed by atoms with van der Waals surface area (Å²) in [6.45, 7) is 4.21. The Bertz CT molecular complexity index is 512. The van der Waals surface area contributed by atoms with E-state index in [1.165, 1.54) is 12.1 Å². The van der Waals surface area contributed by atoms with Crippen LogP contribution in [0, 0.1) is 17.7 Å². The van der Waals surface area contributed by atoms with Gasteiger partial charge in [0.05, 0.1) is 11.7 Å². The molecule has 18 heavy (non-hydrogen) atoms. The van der Waals surface area contributed by atoms with Crippen LogP contribution in [0.3, 0.4) is 0 Å². The highest BCUT2D eigenvalue weighted by atomic mass is 19.1. The minimum absolute atomic E-state index is 0.0793. The molecule has 3 aliphatic heterocycles. The van der Waals surface area contributed by atoms with Crippen LogP contribution in [0.1, 0.15) is 6.92 Å². The van der Waals surface area contributed by atoms with Crippen LogP contribution >= 0.6 is 0 Å². The topological polar surface area (TPSA) is 12.5 Å². The van der Waals surface area contributed by atoms with Crippen molar-refractivity contribution in [2.45, 2.75) is 18.6 Å². The number of anilines is 1. The molecule has 2 saturated heterocycles. The summed E-state index contributed by atoms with van der Waals surface area (Å²) in [5.41, 5.74) is 1.04. The third-order valence-electron chi connectivity index (χ3n) is 4.72. The number of halogens is 1. The molecular weight excluding hydrogens is 229 g/mol. The van der Waals surface area contributed by atoms with E-state index in [1.807, 2.05) is 12.1 Å². The Morgan fingerprint density at radius 2 is 2.06 bits per heavy atom. The van der Waals surface area contributed by atoms with Gasteiger partial charge in [0.25, 0.3) is 0 Å². The minimum Gasteiger partial charge on any atom is -0.371 e. The molecule has 4 rings (SSSR count). The summed E-state index contributed by atoms with van der Waals surface area (Å²) in [7, 11) is 0. The molecule has 3 heteroatoms. The van der Waals surface area contributed by atoms with Crippen molar-refractivity contribution in [1.29, 1.82) is 0 Å². The largest absolute Gasteiger partial charge is 0.371 e. The molecule has 94 valence electrons. The predicted octanol–water partition coefficient (Wildman–Crippen LogP) is 2.61. The third-order valence-corrected chi connectivity index (χ3v) is 4.72. The molecule has 0 saturated carbocycles. The summed E-state index contributed by atoms with van der Waals surface area (Å²) >= 11 is 0. The van der Waals surface area contributed by atoms with E-state index in [-0.39, 0.29) is 17.5 Å². The summed E-state index contributed by atoms with van der Waals surface area (Å²) < 4.78 is 19.0. The number of hydrogen-bond donors (Lipinski definition) is 0.